The van der Waals surface area contributed by atoms with Crippen molar-refractivity contribution in [1.82, 2.24) is 0 Å². The van der Waals surface area contributed by atoms with Gasteiger partial charge >= 0.3 is 0 Å². The predicted octanol–water partition coefficient (Wildman–Crippen LogP) is 2.42. The summed E-state index contributed by atoms with van der Waals surface area (Å²) in [5, 5.41) is 3.81. The van der Waals surface area contributed by atoms with Gasteiger partial charge in [0.05, 0.1) is 11.6 Å². The van der Waals surface area contributed by atoms with Gasteiger partial charge in [0.15, 0.2) is 0 Å². The Morgan fingerprint density at radius 1 is 1.62 bits per heavy atom. The van der Waals surface area contributed by atoms with Crippen molar-refractivity contribution >= 4 is 34.5 Å². The summed E-state index contributed by atoms with van der Waals surface area (Å²) in [6.45, 7) is 2.66. The van der Waals surface area contributed by atoms with Gasteiger partial charge in [-0.3, -0.25) is 0 Å². The Morgan fingerprint density at radius 3 is 2.81 bits per heavy atom. The molecule has 0 aliphatic rings. The van der Waals surface area contributed by atoms with Crippen LogP contribution in [0.1, 0.15) is 12.5 Å². The fourth-order valence-corrected chi connectivity index (χ4v) is 1.90. The third kappa shape index (κ3) is 3.63. The van der Waals surface area contributed by atoms with Crippen LogP contribution in [-0.2, 0) is 4.74 Å². The summed E-state index contributed by atoms with van der Waals surface area (Å²) in [6.07, 6.45) is 0. The van der Waals surface area contributed by atoms with Crippen molar-refractivity contribution in [3.63, 3.8) is 0 Å². The van der Waals surface area contributed by atoms with Crippen molar-refractivity contribution in [1.29, 1.82) is 0 Å². The van der Waals surface area contributed by atoms with Gasteiger partial charge in [0.25, 0.3) is 0 Å². The standard InChI is InChI=1S/C11H15ClN2OS/c1-7(6-15-2)14-8-3-4-9(11(13)16)10(12)5-8/h3-5,7,14H,6H2,1-2H3,(H2,13,16). The highest BCUT2D eigenvalue weighted by atomic mass is 35.5. The van der Waals surface area contributed by atoms with Gasteiger partial charge in [-0.15, -0.1) is 0 Å². The van der Waals surface area contributed by atoms with E-state index in [2.05, 4.69) is 5.32 Å². The van der Waals surface area contributed by atoms with E-state index in [4.69, 9.17) is 34.3 Å². The third-order valence-electron chi connectivity index (χ3n) is 2.06. The Balaban J connectivity index is 2.77. The van der Waals surface area contributed by atoms with Crippen LogP contribution in [0.25, 0.3) is 0 Å². The van der Waals surface area contributed by atoms with Crippen molar-refractivity contribution in [2.45, 2.75) is 13.0 Å². The van der Waals surface area contributed by atoms with E-state index in [0.29, 0.717) is 22.2 Å². The monoisotopic (exact) mass is 258 g/mol. The largest absolute Gasteiger partial charge is 0.389 e. The first kappa shape index (κ1) is 13.2. The van der Waals surface area contributed by atoms with E-state index in [1.165, 1.54) is 0 Å². The molecular formula is C11H15ClN2OS. The van der Waals surface area contributed by atoms with Crippen LogP contribution in [0.2, 0.25) is 5.02 Å². The Labute approximate surface area is 106 Å². The van der Waals surface area contributed by atoms with Gasteiger partial charge in [-0.1, -0.05) is 23.8 Å². The Hall–Kier alpha value is -0.840. The molecule has 0 amide bonds. The van der Waals surface area contributed by atoms with Crippen molar-refractivity contribution < 1.29 is 4.74 Å². The molecule has 0 radical (unpaired) electrons. The molecule has 5 heteroatoms. The summed E-state index contributed by atoms with van der Waals surface area (Å²) in [6, 6.07) is 5.73. The Morgan fingerprint density at radius 2 is 2.31 bits per heavy atom. The third-order valence-corrected chi connectivity index (χ3v) is 2.60. The number of benzene rings is 1. The molecule has 3 nitrogen and oxygen atoms in total. The molecule has 1 aromatic carbocycles. The summed E-state index contributed by atoms with van der Waals surface area (Å²) in [4.78, 5) is 0.307. The maximum absolute atomic E-state index is 6.05. The van der Waals surface area contributed by atoms with Gasteiger partial charge in [0.2, 0.25) is 0 Å². The number of hydrogen-bond acceptors (Lipinski definition) is 3. The maximum atomic E-state index is 6.05. The number of ether oxygens (including phenoxy) is 1. The van der Waals surface area contributed by atoms with Gasteiger partial charge in [-0.05, 0) is 25.1 Å². The molecule has 0 bridgehead atoms. The number of rotatable bonds is 5. The molecule has 0 heterocycles. The van der Waals surface area contributed by atoms with Crippen LogP contribution in [0, 0.1) is 0 Å². The van der Waals surface area contributed by atoms with Gasteiger partial charge in [-0.25, -0.2) is 0 Å². The van der Waals surface area contributed by atoms with Gasteiger partial charge in [0, 0.05) is 24.4 Å². The number of halogens is 1. The molecule has 3 N–H and O–H groups in total. The second kappa shape index (κ2) is 6.03. The molecule has 0 fully saturated rings. The molecule has 0 spiro atoms. The fraction of sp³-hybridized carbons (Fsp3) is 0.364. The Kier molecular flexibility index (Phi) is 4.99. The van der Waals surface area contributed by atoms with Crippen LogP contribution in [0.15, 0.2) is 18.2 Å². The highest BCUT2D eigenvalue weighted by molar-refractivity contribution is 7.80. The number of hydrogen-bond donors (Lipinski definition) is 2. The van der Waals surface area contributed by atoms with E-state index in [0.717, 1.165) is 5.69 Å². The first-order valence-corrected chi connectivity index (χ1v) is 5.68. The normalized spacial score (nSPS) is 12.2. The number of anilines is 1. The Bertz CT molecular complexity index is 384. The topological polar surface area (TPSA) is 47.3 Å². The minimum Gasteiger partial charge on any atom is -0.389 e. The lowest BCUT2D eigenvalue weighted by Crippen LogP contribution is -2.20. The van der Waals surface area contributed by atoms with E-state index < -0.39 is 0 Å². The van der Waals surface area contributed by atoms with Gasteiger partial charge in [-0.2, -0.15) is 0 Å². The molecule has 1 aromatic rings. The first-order valence-electron chi connectivity index (χ1n) is 4.89. The lowest BCUT2D eigenvalue weighted by atomic mass is 10.2. The highest BCUT2D eigenvalue weighted by Gasteiger charge is 2.06. The minimum absolute atomic E-state index is 0.219. The molecule has 1 rings (SSSR count). The summed E-state index contributed by atoms with van der Waals surface area (Å²) in [7, 11) is 1.67. The zero-order chi connectivity index (χ0) is 12.1. The molecule has 0 saturated heterocycles. The lowest BCUT2D eigenvalue weighted by Gasteiger charge is -2.15. The van der Waals surface area contributed by atoms with E-state index >= 15 is 0 Å². The van der Waals surface area contributed by atoms with E-state index in [1.807, 2.05) is 25.1 Å². The van der Waals surface area contributed by atoms with Gasteiger partial charge < -0.3 is 15.8 Å². The van der Waals surface area contributed by atoms with Crippen LogP contribution < -0.4 is 11.1 Å². The maximum Gasteiger partial charge on any atom is 0.105 e. The van der Waals surface area contributed by atoms with E-state index in [1.54, 1.807) is 7.11 Å². The van der Waals surface area contributed by atoms with Crippen LogP contribution in [0.5, 0.6) is 0 Å². The number of nitrogens with two attached hydrogens (primary N) is 1. The number of methoxy groups -OCH3 is 1. The van der Waals surface area contributed by atoms with E-state index in [-0.39, 0.29) is 6.04 Å². The molecular weight excluding hydrogens is 244 g/mol. The van der Waals surface area contributed by atoms with Crippen molar-refractivity contribution in [2.75, 3.05) is 19.0 Å². The SMILES string of the molecule is COCC(C)Nc1ccc(C(N)=S)c(Cl)c1. The summed E-state index contributed by atoms with van der Waals surface area (Å²) >= 11 is 10.9. The number of nitrogens with one attached hydrogen (secondary N) is 1. The summed E-state index contributed by atoms with van der Waals surface area (Å²) < 4.78 is 5.03. The van der Waals surface area contributed by atoms with Crippen LogP contribution >= 0.6 is 23.8 Å². The van der Waals surface area contributed by atoms with Crippen molar-refractivity contribution in [3.05, 3.63) is 28.8 Å². The minimum atomic E-state index is 0.219. The summed E-state index contributed by atoms with van der Waals surface area (Å²) in [5.74, 6) is 0. The van der Waals surface area contributed by atoms with Crippen LogP contribution in [0.3, 0.4) is 0 Å². The average Bonchev–Trinajstić information content (AvgIpc) is 2.17. The molecule has 0 aromatic heterocycles. The quantitative estimate of drug-likeness (QED) is 0.797. The zero-order valence-electron chi connectivity index (χ0n) is 9.29. The highest BCUT2D eigenvalue weighted by Crippen LogP contribution is 2.21. The molecule has 88 valence electrons. The molecule has 0 aliphatic carbocycles. The summed E-state index contributed by atoms with van der Waals surface area (Å²) in [5.41, 5.74) is 7.14. The lowest BCUT2D eigenvalue weighted by molar-refractivity contribution is 0.190. The van der Waals surface area contributed by atoms with Crippen LogP contribution in [-0.4, -0.2) is 24.7 Å². The molecule has 16 heavy (non-hydrogen) atoms. The van der Waals surface area contributed by atoms with Gasteiger partial charge in [0.1, 0.15) is 4.99 Å². The van der Waals surface area contributed by atoms with Crippen molar-refractivity contribution in [2.24, 2.45) is 5.73 Å². The van der Waals surface area contributed by atoms with Crippen LogP contribution in [0.4, 0.5) is 5.69 Å². The zero-order valence-corrected chi connectivity index (χ0v) is 10.9. The van der Waals surface area contributed by atoms with Crippen molar-refractivity contribution in [3.8, 4) is 0 Å². The first-order chi connectivity index (χ1) is 7.54. The smallest absolute Gasteiger partial charge is 0.105 e. The molecule has 1 atom stereocenters. The number of thiocarbonyl (C=S) groups is 1. The fourth-order valence-electron chi connectivity index (χ4n) is 1.38. The molecule has 0 saturated carbocycles. The van der Waals surface area contributed by atoms with E-state index in [9.17, 15) is 0 Å². The predicted molar refractivity (Wildman–Crippen MR) is 72.3 cm³/mol. The second-order valence-electron chi connectivity index (χ2n) is 3.56. The second-order valence-corrected chi connectivity index (χ2v) is 4.41. The molecule has 1 unspecified atom stereocenters. The molecule has 0 aliphatic heterocycles. The average molecular weight is 259 g/mol.